The average molecular weight is 386 g/mol. The Labute approximate surface area is 167 Å². The molecule has 1 saturated heterocycles. The van der Waals surface area contributed by atoms with Gasteiger partial charge in [0.15, 0.2) is 0 Å². The number of benzene rings is 1. The molecule has 2 fully saturated rings. The van der Waals surface area contributed by atoms with E-state index in [0.29, 0.717) is 13.1 Å². The zero-order chi connectivity index (χ0) is 19.9. The predicted octanol–water partition coefficient (Wildman–Crippen LogP) is 1.89. The van der Waals surface area contributed by atoms with Crippen LogP contribution in [0.5, 0.6) is 0 Å². The quantitative estimate of drug-likeness (QED) is 0.752. The number of hydrogen-bond acceptors (Lipinski definition) is 3. The fourth-order valence-corrected chi connectivity index (χ4v) is 4.18. The first-order chi connectivity index (χ1) is 13.5. The number of rotatable bonds is 7. The van der Waals surface area contributed by atoms with Crippen LogP contribution in [-0.2, 0) is 20.8 Å². The van der Waals surface area contributed by atoms with E-state index >= 15 is 0 Å². The Morgan fingerprint density at radius 2 is 1.79 bits per heavy atom. The van der Waals surface area contributed by atoms with Crippen molar-refractivity contribution < 1.29 is 14.4 Å². The normalized spacial score (nSPS) is 24.8. The second-order valence-corrected chi connectivity index (χ2v) is 8.16. The molecule has 0 bridgehead atoms. The van der Waals surface area contributed by atoms with Crippen molar-refractivity contribution in [3.63, 3.8) is 0 Å². The summed E-state index contributed by atoms with van der Waals surface area (Å²) >= 11 is 0. The van der Waals surface area contributed by atoms with Crippen molar-refractivity contribution in [3.8, 4) is 0 Å². The van der Waals surface area contributed by atoms with E-state index in [2.05, 4.69) is 17.6 Å². The molecule has 3 amide bonds. The van der Waals surface area contributed by atoms with Crippen LogP contribution in [-0.4, -0.2) is 48.3 Å². The van der Waals surface area contributed by atoms with Crippen molar-refractivity contribution in [3.05, 3.63) is 35.9 Å². The number of nitrogens with zero attached hydrogens (tertiary/aromatic N) is 1. The van der Waals surface area contributed by atoms with Crippen molar-refractivity contribution in [2.75, 3.05) is 19.6 Å². The summed E-state index contributed by atoms with van der Waals surface area (Å²) in [5.41, 5.74) is 1.16. The Bertz CT molecular complexity index is 684. The Hall–Kier alpha value is -2.37. The van der Waals surface area contributed by atoms with Gasteiger partial charge < -0.3 is 15.5 Å². The summed E-state index contributed by atoms with van der Waals surface area (Å²) in [6.07, 6.45) is 5.37. The minimum absolute atomic E-state index is 0.0424. The van der Waals surface area contributed by atoms with Gasteiger partial charge in [0, 0.05) is 25.6 Å². The summed E-state index contributed by atoms with van der Waals surface area (Å²) in [5.74, 6) is 0.0643. The lowest BCUT2D eigenvalue weighted by Gasteiger charge is -2.33. The third-order valence-corrected chi connectivity index (χ3v) is 5.96. The van der Waals surface area contributed by atoms with Crippen LogP contribution < -0.4 is 10.6 Å². The van der Waals surface area contributed by atoms with Crippen LogP contribution in [0.25, 0.3) is 0 Å². The van der Waals surface area contributed by atoms with Gasteiger partial charge >= 0.3 is 0 Å². The van der Waals surface area contributed by atoms with Gasteiger partial charge in [0.05, 0.1) is 12.5 Å². The lowest BCUT2D eigenvalue weighted by molar-refractivity contribution is -0.131. The standard InChI is InChI=1S/C22H31N3O3/c1-16-7-9-19(10-8-16)25-15-18(13-21(25)27)22(28)24-14-20(26)23-12-11-17-5-3-2-4-6-17/h2-6,16,18-19H,7-15H2,1H3,(H,23,26)(H,24,28). The first kappa shape index (κ1) is 20.4. The Kier molecular flexibility index (Phi) is 7.06. The van der Waals surface area contributed by atoms with E-state index in [-0.39, 0.29) is 42.6 Å². The molecule has 152 valence electrons. The van der Waals surface area contributed by atoms with Gasteiger partial charge in [0.1, 0.15) is 0 Å². The molecule has 0 radical (unpaired) electrons. The molecular weight excluding hydrogens is 354 g/mol. The fourth-order valence-electron chi connectivity index (χ4n) is 4.18. The maximum atomic E-state index is 12.4. The second kappa shape index (κ2) is 9.71. The fraction of sp³-hybridized carbons (Fsp3) is 0.591. The van der Waals surface area contributed by atoms with Gasteiger partial charge in [-0.05, 0) is 43.6 Å². The van der Waals surface area contributed by atoms with Gasteiger partial charge in [0.25, 0.3) is 0 Å². The summed E-state index contributed by atoms with van der Waals surface area (Å²) in [6.45, 7) is 3.23. The molecule has 0 aromatic heterocycles. The monoisotopic (exact) mass is 385 g/mol. The maximum Gasteiger partial charge on any atom is 0.239 e. The van der Waals surface area contributed by atoms with E-state index in [9.17, 15) is 14.4 Å². The predicted molar refractivity (Wildman–Crippen MR) is 107 cm³/mol. The van der Waals surface area contributed by atoms with Crippen LogP contribution >= 0.6 is 0 Å². The molecule has 1 heterocycles. The third-order valence-electron chi connectivity index (χ3n) is 5.96. The largest absolute Gasteiger partial charge is 0.354 e. The molecule has 1 unspecified atom stereocenters. The molecule has 1 aliphatic carbocycles. The van der Waals surface area contributed by atoms with Gasteiger partial charge in [-0.2, -0.15) is 0 Å². The van der Waals surface area contributed by atoms with Crippen LogP contribution in [0.15, 0.2) is 30.3 Å². The first-order valence-electron chi connectivity index (χ1n) is 10.4. The summed E-state index contributed by atoms with van der Waals surface area (Å²) in [4.78, 5) is 38.6. The second-order valence-electron chi connectivity index (χ2n) is 8.16. The minimum atomic E-state index is -0.344. The molecule has 28 heavy (non-hydrogen) atoms. The molecule has 1 aromatic rings. The molecule has 1 aliphatic heterocycles. The molecular formula is C22H31N3O3. The highest BCUT2D eigenvalue weighted by Gasteiger charge is 2.38. The lowest BCUT2D eigenvalue weighted by Crippen LogP contribution is -2.42. The number of hydrogen-bond donors (Lipinski definition) is 2. The summed E-state index contributed by atoms with van der Waals surface area (Å²) in [6, 6.07) is 10.2. The number of carbonyl (C=O) groups is 3. The molecule has 1 atom stereocenters. The molecule has 2 N–H and O–H groups in total. The van der Waals surface area contributed by atoms with E-state index in [1.165, 1.54) is 0 Å². The summed E-state index contributed by atoms with van der Waals surface area (Å²) in [5, 5.41) is 5.51. The van der Waals surface area contributed by atoms with E-state index in [0.717, 1.165) is 43.6 Å². The smallest absolute Gasteiger partial charge is 0.239 e. The van der Waals surface area contributed by atoms with E-state index in [1.807, 2.05) is 35.2 Å². The number of carbonyl (C=O) groups excluding carboxylic acids is 3. The molecule has 0 spiro atoms. The highest BCUT2D eigenvalue weighted by atomic mass is 16.2. The van der Waals surface area contributed by atoms with Gasteiger partial charge in [0.2, 0.25) is 17.7 Å². The number of likely N-dealkylation sites (tertiary alicyclic amines) is 1. The zero-order valence-corrected chi connectivity index (χ0v) is 16.7. The Morgan fingerprint density at radius 3 is 2.50 bits per heavy atom. The van der Waals surface area contributed by atoms with Gasteiger partial charge in [-0.15, -0.1) is 0 Å². The van der Waals surface area contributed by atoms with Crippen molar-refractivity contribution in [1.82, 2.24) is 15.5 Å². The topological polar surface area (TPSA) is 78.5 Å². The zero-order valence-electron chi connectivity index (χ0n) is 16.7. The molecule has 1 aromatic carbocycles. The summed E-state index contributed by atoms with van der Waals surface area (Å²) < 4.78 is 0. The molecule has 6 nitrogen and oxygen atoms in total. The molecule has 1 saturated carbocycles. The summed E-state index contributed by atoms with van der Waals surface area (Å²) in [7, 11) is 0. The molecule has 2 aliphatic rings. The third kappa shape index (κ3) is 5.57. The van der Waals surface area contributed by atoms with Crippen LogP contribution in [0.1, 0.15) is 44.6 Å². The number of amides is 3. The van der Waals surface area contributed by atoms with Crippen LogP contribution in [0.2, 0.25) is 0 Å². The molecule has 6 heteroatoms. The van der Waals surface area contributed by atoms with Gasteiger partial charge in [-0.25, -0.2) is 0 Å². The Balaban J connectivity index is 1.36. The average Bonchev–Trinajstić information content (AvgIpc) is 3.09. The van der Waals surface area contributed by atoms with Crippen molar-refractivity contribution in [2.24, 2.45) is 11.8 Å². The lowest BCUT2D eigenvalue weighted by atomic mass is 9.87. The van der Waals surface area contributed by atoms with Crippen LogP contribution in [0, 0.1) is 11.8 Å². The van der Waals surface area contributed by atoms with Crippen molar-refractivity contribution in [1.29, 1.82) is 0 Å². The van der Waals surface area contributed by atoms with Crippen LogP contribution in [0.4, 0.5) is 0 Å². The Morgan fingerprint density at radius 1 is 1.07 bits per heavy atom. The van der Waals surface area contributed by atoms with Crippen molar-refractivity contribution in [2.45, 2.75) is 51.5 Å². The first-order valence-corrected chi connectivity index (χ1v) is 10.4. The SMILES string of the molecule is CC1CCC(N2CC(C(=O)NCC(=O)NCCc3ccccc3)CC2=O)CC1. The van der Waals surface area contributed by atoms with Gasteiger partial charge in [-0.1, -0.05) is 37.3 Å². The number of nitrogens with one attached hydrogen (secondary N) is 2. The highest BCUT2D eigenvalue weighted by molar-refractivity contribution is 5.91. The minimum Gasteiger partial charge on any atom is -0.354 e. The maximum absolute atomic E-state index is 12.4. The van der Waals surface area contributed by atoms with Crippen molar-refractivity contribution >= 4 is 17.7 Å². The molecule has 3 rings (SSSR count). The van der Waals surface area contributed by atoms with E-state index < -0.39 is 0 Å². The van der Waals surface area contributed by atoms with Crippen LogP contribution in [0.3, 0.4) is 0 Å². The highest BCUT2D eigenvalue weighted by Crippen LogP contribution is 2.31. The van der Waals surface area contributed by atoms with E-state index in [1.54, 1.807) is 0 Å². The van der Waals surface area contributed by atoms with Gasteiger partial charge in [-0.3, -0.25) is 14.4 Å². The van der Waals surface area contributed by atoms with E-state index in [4.69, 9.17) is 0 Å².